The fourth-order valence-electron chi connectivity index (χ4n) is 2.51. The number of benzene rings is 1. The molecule has 2 heterocycles. The van der Waals surface area contributed by atoms with Crippen LogP contribution in [0.1, 0.15) is 16.0 Å². The maximum absolute atomic E-state index is 12.9. The summed E-state index contributed by atoms with van der Waals surface area (Å²) in [6, 6.07) is 5.36. The third-order valence-electron chi connectivity index (χ3n) is 3.76. The molecule has 112 valence electrons. The minimum Gasteiger partial charge on any atom is -0.398 e. The zero-order chi connectivity index (χ0) is 15.2. The lowest BCUT2D eigenvalue weighted by molar-refractivity contribution is 0.394. The van der Waals surface area contributed by atoms with Crippen molar-refractivity contribution < 1.29 is 8.42 Å². The molecule has 3 rings (SSSR count). The number of anilines is 1. The lowest BCUT2D eigenvalue weighted by Gasteiger charge is -2.27. The SMILES string of the molecule is Cc1c(N)cc(Br)cc1S(=O)(=O)N1CCc2sccc2C1. The van der Waals surface area contributed by atoms with Gasteiger partial charge in [-0.2, -0.15) is 4.31 Å². The molecule has 0 amide bonds. The third kappa shape index (κ3) is 2.63. The van der Waals surface area contributed by atoms with Crippen molar-refractivity contribution in [2.75, 3.05) is 12.3 Å². The first-order chi connectivity index (χ1) is 9.89. The van der Waals surface area contributed by atoms with Crippen LogP contribution in [0.5, 0.6) is 0 Å². The Balaban J connectivity index is 2.03. The second-order valence-corrected chi connectivity index (χ2v) is 8.90. The molecule has 0 bridgehead atoms. The van der Waals surface area contributed by atoms with Crippen molar-refractivity contribution in [1.82, 2.24) is 4.31 Å². The van der Waals surface area contributed by atoms with Crippen LogP contribution < -0.4 is 5.73 Å². The predicted molar refractivity (Wildman–Crippen MR) is 88.9 cm³/mol. The summed E-state index contributed by atoms with van der Waals surface area (Å²) in [5, 5.41) is 2.02. The predicted octanol–water partition coefficient (Wildman–Crippen LogP) is 3.15. The molecule has 4 nitrogen and oxygen atoms in total. The van der Waals surface area contributed by atoms with Gasteiger partial charge in [0.05, 0.1) is 4.90 Å². The Morgan fingerprint density at radius 3 is 2.90 bits per heavy atom. The van der Waals surface area contributed by atoms with Gasteiger partial charge in [0.1, 0.15) is 0 Å². The average Bonchev–Trinajstić information content (AvgIpc) is 2.89. The molecular formula is C14H15BrN2O2S2. The summed E-state index contributed by atoms with van der Waals surface area (Å²) in [6.07, 6.45) is 0.773. The largest absolute Gasteiger partial charge is 0.398 e. The number of nitrogens with zero attached hydrogens (tertiary/aromatic N) is 1. The van der Waals surface area contributed by atoms with Gasteiger partial charge in [-0.3, -0.25) is 0 Å². The number of sulfonamides is 1. The van der Waals surface area contributed by atoms with E-state index in [4.69, 9.17) is 5.73 Å². The van der Waals surface area contributed by atoms with E-state index in [1.54, 1.807) is 30.4 Å². The monoisotopic (exact) mass is 386 g/mol. The standard InChI is InChI=1S/C14H15BrN2O2S2/c1-9-12(16)6-11(15)7-14(9)21(18,19)17-4-2-13-10(8-17)3-5-20-13/h3,5-7H,2,4,8,16H2,1H3. The molecule has 0 saturated heterocycles. The van der Waals surface area contributed by atoms with Gasteiger partial charge in [0.15, 0.2) is 0 Å². The smallest absolute Gasteiger partial charge is 0.243 e. The molecule has 0 atom stereocenters. The summed E-state index contributed by atoms with van der Waals surface area (Å²) in [4.78, 5) is 1.57. The van der Waals surface area contributed by atoms with Crippen LogP contribution in [0.4, 0.5) is 5.69 Å². The van der Waals surface area contributed by atoms with E-state index >= 15 is 0 Å². The number of fused-ring (bicyclic) bond motifs is 1. The molecule has 0 radical (unpaired) electrons. The average molecular weight is 387 g/mol. The normalized spacial score (nSPS) is 15.9. The topological polar surface area (TPSA) is 63.4 Å². The van der Waals surface area contributed by atoms with Gasteiger partial charge < -0.3 is 5.73 Å². The van der Waals surface area contributed by atoms with Crippen LogP contribution in [0, 0.1) is 6.92 Å². The molecule has 1 aromatic carbocycles. The minimum absolute atomic E-state index is 0.285. The highest BCUT2D eigenvalue weighted by Crippen LogP contribution is 2.32. The van der Waals surface area contributed by atoms with Gasteiger partial charge >= 0.3 is 0 Å². The fraction of sp³-hybridized carbons (Fsp3) is 0.286. The van der Waals surface area contributed by atoms with E-state index in [1.807, 2.05) is 11.4 Å². The molecule has 0 unspecified atom stereocenters. The Hall–Kier alpha value is -0.890. The lowest BCUT2D eigenvalue weighted by atomic mass is 10.1. The second kappa shape index (κ2) is 5.39. The van der Waals surface area contributed by atoms with Crippen molar-refractivity contribution in [3.63, 3.8) is 0 Å². The van der Waals surface area contributed by atoms with Crippen LogP contribution in [0.2, 0.25) is 0 Å². The van der Waals surface area contributed by atoms with Crippen LogP contribution >= 0.6 is 27.3 Å². The zero-order valence-corrected chi connectivity index (χ0v) is 14.7. The van der Waals surface area contributed by atoms with Crippen molar-refractivity contribution in [3.05, 3.63) is 44.1 Å². The summed E-state index contributed by atoms with van der Waals surface area (Å²) in [6.45, 7) is 2.70. The maximum Gasteiger partial charge on any atom is 0.243 e. The number of halogens is 1. The number of hydrogen-bond acceptors (Lipinski definition) is 4. The van der Waals surface area contributed by atoms with Gasteiger partial charge in [-0.15, -0.1) is 11.3 Å². The summed E-state index contributed by atoms with van der Waals surface area (Å²) in [7, 11) is -3.53. The van der Waals surface area contributed by atoms with E-state index in [0.717, 1.165) is 12.0 Å². The highest BCUT2D eigenvalue weighted by molar-refractivity contribution is 9.10. The molecule has 7 heteroatoms. The van der Waals surface area contributed by atoms with Gasteiger partial charge in [0.2, 0.25) is 10.0 Å². The van der Waals surface area contributed by atoms with Gasteiger partial charge in [-0.1, -0.05) is 15.9 Å². The summed E-state index contributed by atoms with van der Waals surface area (Å²) in [5.41, 5.74) is 8.09. The van der Waals surface area contributed by atoms with Crippen LogP contribution in [0.3, 0.4) is 0 Å². The second-order valence-electron chi connectivity index (χ2n) is 5.08. The van der Waals surface area contributed by atoms with E-state index in [0.29, 0.717) is 28.8 Å². The van der Waals surface area contributed by atoms with Gasteiger partial charge in [0.25, 0.3) is 0 Å². The van der Waals surface area contributed by atoms with E-state index in [2.05, 4.69) is 15.9 Å². The Bertz CT molecular complexity index is 799. The molecule has 0 fully saturated rings. The van der Waals surface area contributed by atoms with Gasteiger partial charge in [-0.05, 0) is 48.1 Å². The fourth-order valence-corrected chi connectivity index (χ4v) is 5.73. The van der Waals surface area contributed by atoms with E-state index in [-0.39, 0.29) is 4.90 Å². The number of hydrogen-bond donors (Lipinski definition) is 1. The van der Waals surface area contributed by atoms with Crippen LogP contribution in [0.15, 0.2) is 32.9 Å². The molecule has 0 spiro atoms. The first kappa shape index (κ1) is 15.0. The van der Waals surface area contributed by atoms with Crippen LogP contribution in [0.25, 0.3) is 0 Å². The summed E-state index contributed by atoms with van der Waals surface area (Å²) >= 11 is 5.01. The number of nitrogens with two attached hydrogens (primary N) is 1. The molecule has 1 aromatic heterocycles. The Morgan fingerprint density at radius 2 is 2.14 bits per heavy atom. The van der Waals surface area contributed by atoms with Gasteiger partial charge in [-0.25, -0.2) is 8.42 Å². The van der Waals surface area contributed by atoms with E-state index < -0.39 is 10.0 Å². The molecular weight excluding hydrogens is 372 g/mol. The lowest BCUT2D eigenvalue weighted by Crippen LogP contribution is -2.35. The number of nitrogen functional groups attached to an aromatic ring is 1. The first-order valence-electron chi connectivity index (χ1n) is 6.50. The van der Waals surface area contributed by atoms with Gasteiger partial charge in [0, 0.05) is 28.1 Å². The zero-order valence-electron chi connectivity index (χ0n) is 11.5. The van der Waals surface area contributed by atoms with E-state index in [1.165, 1.54) is 9.18 Å². The molecule has 2 aromatic rings. The Morgan fingerprint density at radius 1 is 1.38 bits per heavy atom. The highest BCUT2D eigenvalue weighted by atomic mass is 79.9. The summed E-state index contributed by atoms with van der Waals surface area (Å²) < 4.78 is 28.0. The number of rotatable bonds is 2. The molecule has 0 saturated carbocycles. The summed E-state index contributed by atoms with van der Waals surface area (Å²) in [5.74, 6) is 0. The highest BCUT2D eigenvalue weighted by Gasteiger charge is 2.30. The maximum atomic E-state index is 12.9. The minimum atomic E-state index is -3.53. The molecule has 21 heavy (non-hydrogen) atoms. The van der Waals surface area contributed by atoms with Crippen molar-refractivity contribution >= 4 is 43.0 Å². The van der Waals surface area contributed by atoms with Crippen LogP contribution in [-0.2, 0) is 23.0 Å². The van der Waals surface area contributed by atoms with Crippen molar-refractivity contribution in [2.45, 2.75) is 24.8 Å². The molecule has 1 aliphatic rings. The van der Waals surface area contributed by atoms with E-state index in [9.17, 15) is 8.42 Å². The van der Waals surface area contributed by atoms with Crippen molar-refractivity contribution in [2.24, 2.45) is 0 Å². The van der Waals surface area contributed by atoms with Crippen LogP contribution in [-0.4, -0.2) is 19.3 Å². The first-order valence-corrected chi connectivity index (χ1v) is 9.62. The van der Waals surface area contributed by atoms with Crippen molar-refractivity contribution in [3.8, 4) is 0 Å². The molecule has 1 aliphatic heterocycles. The molecule has 2 N–H and O–H groups in total. The third-order valence-corrected chi connectivity index (χ3v) is 7.21. The Kier molecular flexibility index (Phi) is 3.85. The quantitative estimate of drug-likeness (QED) is 0.806. The molecule has 0 aliphatic carbocycles. The number of thiophene rings is 1. The van der Waals surface area contributed by atoms with Crippen molar-refractivity contribution in [1.29, 1.82) is 0 Å². The Labute approximate surface area is 136 Å².